The van der Waals surface area contributed by atoms with Crippen LogP contribution in [0.1, 0.15) is 11.8 Å². The molecule has 0 atom stereocenters. The number of oxazole rings is 1. The monoisotopic (exact) mass is 407 g/mol. The van der Waals surface area contributed by atoms with Crippen molar-refractivity contribution in [2.45, 2.75) is 18.2 Å². The van der Waals surface area contributed by atoms with Crippen LogP contribution in [0.2, 0.25) is 0 Å². The van der Waals surface area contributed by atoms with E-state index in [1.807, 2.05) is 0 Å². The second-order valence-corrected chi connectivity index (χ2v) is 8.70. The molecule has 0 amide bonds. The second kappa shape index (κ2) is 7.15. The molecule has 28 heavy (non-hydrogen) atoms. The third-order valence-corrected chi connectivity index (χ3v) is 6.84. The molecule has 1 saturated heterocycles. The van der Waals surface area contributed by atoms with Crippen molar-refractivity contribution in [1.82, 2.24) is 24.0 Å². The fraction of sp³-hybridized carbons (Fsp3) is 0.471. The Morgan fingerprint density at radius 1 is 1.11 bits per heavy atom. The minimum Gasteiger partial charge on any atom is -0.426 e. The van der Waals surface area contributed by atoms with Gasteiger partial charge in [0.15, 0.2) is 5.58 Å². The summed E-state index contributed by atoms with van der Waals surface area (Å²) in [6, 6.07) is 4.52. The standard InChI is InChI=1S/C17H21N5O5S/c1-12-18-19-16(26-12)5-6-21-7-9-22(10-8-21)28(24,25)13-3-4-14-15(11-13)27-17(23)20(14)2/h3-4,11H,5-10H2,1-2H3. The van der Waals surface area contributed by atoms with Crippen molar-refractivity contribution in [2.24, 2.45) is 7.05 Å². The Bertz CT molecular complexity index is 1150. The average Bonchev–Trinajstić information content (AvgIpc) is 3.23. The first-order valence-electron chi connectivity index (χ1n) is 8.96. The Hall–Kier alpha value is -2.50. The van der Waals surface area contributed by atoms with Crippen molar-refractivity contribution in [3.05, 3.63) is 40.5 Å². The van der Waals surface area contributed by atoms with Gasteiger partial charge in [-0.3, -0.25) is 4.57 Å². The van der Waals surface area contributed by atoms with Crippen LogP contribution in [-0.4, -0.2) is 65.1 Å². The molecule has 4 rings (SSSR count). The Balaban J connectivity index is 1.42. The molecule has 2 aromatic heterocycles. The molecule has 0 N–H and O–H groups in total. The minimum absolute atomic E-state index is 0.129. The normalized spacial score (nSPS) is 16.8. The maximum absolute atomic E-state index is 13.0. The number of benzene rings is 1. The third-order valence-electron chi connectivity index (χ3n) is 4.94. The molecule has 1 fully saturated rings. The van der Waals surface area contributed by atoms with Crippen LogP contribution in [-0.2, 0) is 23.5 Å². The molecule has 0 spiro atoms. The lowest BCUT2D eigenvalue weighted by Crippen LogP contribution is -2.49. The molecule has 0 saturated carbocycles. The zero-order valence-corrected chi connectivity index (χ0v) is 16.5. The van der Waals surface area contributed by atoms with Crippen LogP contribution in [0, 0.1) is 6.92 Å². The molecule has 150 valence electrons. The van der Waals surface area contributed by atoms with Crippen LogP contribution in [0.3, 0.4) is 0 Å². The Morgan fingerprint density at radius 2 is 1.86 bits per heavy atom. The zero-order chi connectivity index (χ0) is 19.9. The maximum atomic E-state index is 13.0. The van der Waals surface area contributed by atoms with E-state index in [1.165, 1.54) is 21.0 Å². The van der Waals surface area contributed by atoms with Gasteiger partial charge in [0.05, 0.1) is 10.4 Å². The summed E-state index contributed by atoms with van der Waals surface area (Å²) < 4.78 is 39.2. The van der Waals surface area contributed by atoms with E-state index >= 15 is 0 Å². The number of piperazine rings is 1. The molecule has 1 aliphatic rings. The Morgan fingerprint density at radius 3 is 2.54 bits per heavy atom. The molecule has 0 aliphatic carbocycles. The van der Waals surface area contributed by atoms with Crippen molar-refractivity contribution in [1.29, 1.82) is 0 Å². The lowest BCUT2D eigenvalue weighted by Gasteiger charge is -2.33. The number of aromatic nitrogens is 3. The SMILES string of the molecule is Cc1nnc(CCN2CCN(S(=O)(=O)c3ccc4c(c3)oc(=O)n4C)CC2)o1. The molecule has 0 unspecified atom stereocenters. The van der Waals surface area contributed by atoms with E-state index < -0.39 is 15.8 Å². The zero-order valence-electron chi connectivity index (χ0n) is 15.7. The molecular formula is C17H21N5O5S. The minimum atomic E-state index is -3.65. The van der Waals surface area contributed by atoms with Gasteiger partial charge in [-0.2, -0.15) is 4.31 Å². The van der Waals surface area contributed by atoms with E-state index in [9.17, 15) is 13.2 Å². The molecule has 0 bridgehead atoms. The van der Waals surface area contributed by atoms with E-state index in [2.05, 4.69) is 15.1 Å². The molecule has 3 heterocycles. The summed E-state index contributed by atoms with van der Waals surface area (Å²) in [5.41, 5.74) is 0.826. The molecule has 3 aromatic rings. The van der Waals surface area contributed by atoms with Gasteiger partial charge in [0.1, 0.15) is 0 Å². The molecule has 0 radical (unpaired) electrons. The highest BCUT2D eigenvalue weighted by atomic mass is 32.2. The van der Waals surface area contributed by atoms with Gasteiger partial charge in [-0.25, -0.2) is 13.2 Å². The van der Waals surface area contributed by atoms with E-state index in [-0.39, 0.29) is 10.5 Å². The van der Waals surface area contributed by atoms with Gasteiger partial charge in [0.25, 0.3) is 0 Å². The van der Waals surface area contributed by atoms with Crippen molar-refractivity contribution >= 4 is 21.1 Å². The number of aryl methyl sites for hydroxylation is 2. The van der Waals surface area contributed by atoms with Crippen LogP contribution in [0.5, 0.6) is 0 Å². The smallest absolute Gasteiger partial charge is 0.419 e. The van der Waals surface area contributed by atoms with Gasteiger partial charge in [-0.05, 0) is 12.1 Å². The fourth-order valence-corrected chi connectivity index (χ4v) is 4.75. The highest BCUT2D eigenvalue weighted by Crippen LogP contribution is 2.22. The predicted molar refractivity (Wildman–Crippen MR) is 99.4 cm³/mol. The van der Waals surface area contributed by atoms with Gasteiger partial charge in [-0.1, -0.05) is 0 Å². The van der Waals surface area contributed by atoms with Crippen molar-refractivity contribution in [2.75, 3.05) is 32.7 Å². The molecule has 11 heteroatoms. The fourth-order valence-electron chi connectivity index (χ4n) is 3.31. The number of hydrogen-bond donors (Lipinski definition) is 0. The van der Waals surface area contributed by atoms with Gasteiger partial charge in [0.2, 0.25) is 21.8 Å². The molecule has 1 aromatic carbocycles. The van der Waals surface area contributed by atoms with E-state index in [0.29, 0.717) is 49.9 Å². The number of sulfonamides is 1. The number of hydrogen-bond acceptors (Lipinski definition) is 8. The summed E-state index contributed by atoms with van der Waals surface area (Å²) in [5.74, 6) is 0.608. The lowest BCUT2D eigenvalue weighted by atomic mass is 10.3. The highest BCUT2D eigenvalue weighted by molar-refractivity contribution is 7.89. The first-order chi connectivity index (χ1) is 13.3. The van der Waals surface area contributed by atoms with Crippen molar-refractivity contribution in [3.63, 3.8) is 0 Å². The first-order valence-corrected chi connectivity index (χ1v) is 10.4. The molecule has 1 aliphatic heterocycles. The van der Waals surface area contributed by atoms with Crippen LogP contribution in [0.4, 0.5) is 0 Å². The van der Waals surface area contributed by atoms with E-state index in [0.717, 1.165) is 6.54 Å². The third kappa shape index (κ3) is 3.48. The molecular weight excluding hydrogens is 386 g/mol. The Labute approximate surface area is 161 Å². The second-order valence-electron chi connectivity index (χ2n) is 6.77. The van der Waals surface area contributed by atoms with Crippen LogP contribution in [0.15, 0.2) is 36.7 Å². The van der Waals surface area contributed by atoms with E-state index in [1.54, 1.807) is 20.0 Å². The predicted octanol–water partition coefficient (Wildman–Crippen LogP) is 0.372. The maximum Gasteiger partial charge on any atom is 0.419 e. The summed E-state index contributed by atoms with van der Waals surface area (Å²) in [6.07, 6.45) is 0.636. The van der Waals surface area contributed by atoms with E-state index in [4.69, 9.17) is 8.83 Å². The quantitative estimate of drug-likeness (QED) is 0.596. The van der Waals surface area contributed by atoms with Gasteiger partial charge in [-0.15, -0.1) is 10.2 Å². The molecule has 10 nitrogen and oxygen atoms in total. The summed E-state index contributed by atoms with van der Waals surface area (Å²) >= 11 is 0. The number of nitrogens with zero attached hydrogens (tertiary/aromatic N) is 5. The highest BCUT2D eigenvalue weighted by Gasteiger charge is 2.29. The van der Waals surface area contributed by atoms with Crippen LogP contribution >= 0.6 is 0 Å². The first kappa shape index (κ1) is 18.8. The number of rotatable bonds is 5. The largest absolute Gasteiger partial charge is 0.426 e. The lowest BCUT2D eigenvalue weighted by molar-refractivity contribution is 0.186. The topological polar surface area (TPSA) is 115 Å². The van der Waals surface area contributed by atoms with Gasteiger partial charge >= 0.3 is 5.76 Å². The van der Waals surface area contributed by atoms with Gasteiger partial charge in [0, 0.05) is 59.2 Å². The number of fused-ring (bicyclic) bond motifs is 1. The van der Waals surface area contributed by atoms with Crippen molar-refractivity contribution < 1.29 is 17.3 Å². The van der Waals surface area contributed by atoms with Gasteiger partial charge < -0.3 is 13.7 Å². The summed E-state index contributed by atoms with van der Waals surface area (Å²) in [6.45, 7) is 4.50. The van der Waals surface area contributed by atoms with Crippen LogP contribution in [0.25, 0.3) is 11.1 Å². The summed E-state index contributed by atoms with van der Waals surface area (Å²) in [7, 11) is -2.07. The average molecular weight is 407 g/mol. The summed E-state index contributed by atoms with van der Waals surface area (Å²) in [5, 5.41) is 7.78. The van der Waals surface area contributed by atoms with Crippen molar-refractivity contribution in [3.8, 4) is 0 Å². The Kier molecular flexibility index (Phi) is 4.81. The summed E-state index contributed by atoms with van der Waals surface area (Å²) in [4.78, 5) is 13.9. The van der Waals surface area contributed by atoms with Crippen LogP contribution < -0.4 is 5.76 Å².